The largest absolute Gasteiger partial charge is 0.508 e. The second-order valence-electron chi connectivity index (χ2n) is 4.32. The molecule has 0 amide bonds. The van der Waals surface area contributed by atoms with Crippen LogP contribution in [0.1, 0.15) is 0 Å². The maximum atomic E-state index is 11.6. The predicted molar refractivity (Wildman–Crippen MR) is 88.6 cm³/mol. The van der Waals surface area contributed by atoms with Gasteiger partial charge in [0, 0.05) is 15.5 Å². The van der Waals surface area contributed by atoms with E-state index in [1.54, 1.807) is 36.4 Å². The van der Waals surface area contributed by atoms with Gasteiger partial charge in [-0.3, -0.25) is 4.79 Å². The number of phenolic OH excluding ortho intramolecular Hbond substituents is 2. The number of para-hydroxylation sites is 1. The molecule has 0 aliphatic heterocycles. The maximum Gasteiger partial charge on any atom is 0.316 e. The molecule has 4 nitrogen and oxygen atoms in total. The number of phenols is 2. The molecular weight excluding hydrogens is 320 g/mol. The average Bonchev–Trinajstić information content (AvgIpc) is 2.52. The zero-order chi connectivity index (χ0) is 15.8. The van der Waals surface area contributed by atoms with E-state index in [2.05, 4.69) is 0 Å². The molecule has 0 bridgehead atoms. The lowest BCUT2D eigenvalue weighted by atomic mass is 10.3. The Morgan fingerprint density at radius 1 is 1.00 bits per heavy atom. The zero-order valence-corrected chi connectivity index (χ0v) is 13.4. The zero-order valence-electron chi connectivity index (χ0n) is 11.8. The summed E-state index contributed by atoms with van der Waals surface area (Å²) < 4.78 is 5.14. The average molecular weight is 336 g/mol. The molecule has 2 N–H and O–H groups in total. The quantitative estimate of drug-likeness (QED) is 0.458. The lowest BCUT2D eigenvalue weighted by Crippen LogP contribution is -2.09. The van der Waals surface area contributed by atoms with Crippen molar-refractivity contribution in [2.75, 3.05) is 18.1 Å². The van der Waals surface area contributed by atoms with Gasteiger partial charge in [-0.15, -0.1) is 23.5 Å². The number of carbonyl (C=O) groups excluding carboxylic acids is 1. The Morgan fingerprint density at radius 3 is 2.45 bits per heavy atom. The van der Waals surface area contributed by atoms with E-state index in [0.29, 0.717) is 12.4 Å². The van der Waals surface area contributed by atoms with E-state index < -0.39 is 0 Å². The molecular formula is C16H16O4S2. The molecule has 0 aliphatic carbocycles. The van der Waals surface area contributed by atoms with Crippen LogP contribution in [0.15, 0.2) is 58.3 Å². The Balaban J connectivity index is 1.64. The second-order valence-corrected chi connectivity index (χ2v) is 6.50. The molecule has 0 fully saturated rings. The molecule has 0 spiro atoms. The molecule has 0 radical (unpaired) electrons. The van der Waals surface area contributed by atoms with Crippen molar-refractivity contribution in [1.29, 1.82) is 0 Å². The summed E-state index contributed by atoms with van der Waals surface area (Å²) in [5.41, 5.74) is 0. The van der Waals surface area contributed by atoms with Gasteiger partial charge in [0.25, 0.3) is 0 Å². The highest BCUT2D eigenvalue weighted by Crippen LogP contribution is 2.27. The van der Waals surface area contributed by atoms with Crippen LogP contribution in [0.4, 0.5) is 0 Å². The first-order valence-electron chi connectivity index (χ1n) is 6.63. The highest BCUT2D eigenvalue weighted by molar-refractivity contribution is 8.00. The fourth-order valence-electron chi connectivity index (χ4n) is 1.61. The SMILES string of the molecule is O=C(CSc1ccc(O)cc1)OCCSc1ccccc1O. The highest BCUT2D eigenvalue weighted by atomic mass is 32.2. The molecule has 2 aromatic rings. The lowest BCUT2D eigenvalue weighted by Gasteiger charge is -2.06. The van der Waals surface area contributed by atoms with E-state index in [-0.39, 0.29) is 23.2 Å². The normalized spacial score (nSPS) is 10.4. The summed E-state index contributed by atoms with van der Waals surface area (Å²) in [4.78, 5) is 13.3. The summed E-state index contributed by atoms with van der Waals surface area (Å²) in [5.74, 6) is 0.977. The van der Waals surface area contributed by atoms with Crippen LogP contribution in [0, 0.1) is 0 Å². The Kier molecular flexibility index (Phi) is 6.48. The first-order valence-corrected chi connectivity index (χ1v) is 8.60. The van der Waals surface area contributed by atoms with Crippen LogP contribution in [0.3, 0.4) is 0 Å². The first-order chi connectivity index (χ1) is 10.6. The number of carbonyl (C=O) groups is 1. The number of ether oxygens (including phenoxy) is 1. The van der Waals surface area contributed by atoms with Crippen LogP contribution in [-0.2, 0) is 9.53 Å². The molecule has 0 aromatic heterocycles. The van der Waals surface area contributed by atoms with Crippen molar-refractivity contribution < 1.29 is 19.7 Å². The van der Waals surface area contributed by atoms with Crippen molar-refractivity contribution in [3.8, 4) is 11.5 Å². The van der Waals surface area contributed by atoms with E-state index in [1.165, 1.54) is 23.5 Å². The molecule has 0 atom stereocenters. The first kappa shape index (κ1) is 16.6. The summed E-state index contributed by atoms with van der Waals surface area (Å²) in [5, 5.41) is 18.8. The van der Waals surface area contributed by atoms with Gasteiger partial charge in [-0.1, -0.05) is 12.1 Å². The van der Waals surface area contributed by atoms with Crippen molar-refractivity contribution in [1.82, 2.24) is 0 Å². The van der Waals surface area contributed by atoms with Gasteiger partial charge in [0.15, 0.2) is 0 Å². The fraction of sp³-hybridized carbons (Fsp3) is 0.188. The molecule has 2 rings (SSSR count). The molecule has 2 aromatic carbocycles. The summed E-state index contributed by atoms with van der Waals surface area (Å²) in [7, 11) is 0. The summed E-state index contributed by atoms with van der Waals surface area (Å²) in [6.45, 7) is 0.300. The van der Waals surface area contributed by atoms with Gasteiger partial charge >= 0.3 is 5.97 Å². The van der Waals surface area contributed by atoms with E-state index in [4.69, 9.17) is 9.84 Å². The number of hydrogen-bond donors (Lipinski definition) is 2. The summed E-state index contributed by atoms with van der Waals surface area (Å²) in [6, 6.07) is 13.7. The van der Waals surface area contributed by atoms with Crippen LogP contribution in [0.2, 0.25) is 0 Å². The Bertz CT molecular complexity index is 614. The third-order valence-electron chi connectivity index (χ3n) is 2.66. The minimum atomic E-state index is -0.282. The standard InChI is InChI=1S/C16H16O4S2/c17-12-5-7-13(8-6-12)22-11-16(19)20-9-10-21-15-4-2-1-3-14(15)18/h1-8,17-18H,9-11H2. The topological polar surface area (TPSA) is 66.8 Å². The molecule has 6 heteroatoms. The van der Waals surface area contributed by atoms with Gasteiger partial charge in [-0.2, -0.15) is 0 Å². The van der Waals surface area contributed by atoms with Crippen molar-refractivity contribution in [2.24, 2.45) is 0 Å². The number of thioether (sulfide) groups is 2. The Morgan fingerprint density at radius 2 is 1.73 bits per heavy atom. The third kappa shape index (κ3) is 5.54. The van der Waals surface area contributed by atoms with Crippen LogP contribution in [-0.4, -0.2) is 34.3 Å². The molecule has 0 heterocycles. The van der Waals surface area contributed by atoms with Crippen LogP contribution >= 0.6 is 23.5 Å². The van der Waals surface area contributed by atoms with Crippen LogP contribution in [0.5, 0.6) is 11.5 Å². The number of esters is 1. The summed E-state index contributed by atoms with van der Waals surface area (Å²) in [6.07, 6.45) is 0. The minimum absolute atomic E-state index is 0.202. The van der Waals surface area contributed by atoms with Gasteiger partial charge in [-0.05, 0) is 36.4 Å². The van der Waals surface area contributed by atoms with Gasteiger partial charge in [0.05, 0.1) is 5.75 Å². The molecule has 0 saturated carbocycles. The van der Waals surface area contributed by atoms with Gasteiger partial charge < -0.3 is 14.9 Å². The Labute approximate surface area is 137 Å². The van der Waals surface area contributed by atoms with Crippen molar-refractivity contribution in [3.63, 3.8) is 0 Å². The Hall–Kier alpha value is -1.79. The molecule has 22 heavy (non-hydrogen) atoms. The van der Waals surface area contributed by atoms with Crippen molar-refractivity contribution in [3.05, 3.63) is 48.5 Å². The minimum Gasteiger partial charge on any atom is -0.508 e. The molecule has 0 aliphatic rings. The van der Waals surface area contributed by atoms with E-state index in [1.807, 2.05) is 12.1 Å². The van der Waals surface area contributed by atoms with Crippen LogP contribution < -0.4 is 0 Å². The number of aromatic hydroxyl groups is 2. The van der Waals surface area contributed by atoms with Crippen molar-refractivity contribution >= 4 is 29.5 Å². The summed E-state index contributed by atoms with van der Waals surface area (Å²) >= 11 is 2.80. The fourth-order valence-corrected chi connectivity index (χ4v) is 3.09. The number of benzene rings is 2. The van der Waals surface area contributed by atoms with E-state index in [0.717, 1.165) is 9.79 Å². The van der Waals surface area contributed by atoms with Gasteiger partial charge in [-0.25, -0.2) is 0 Å². The highest BCUT2D eigenvalue weighted by Gasteiger charge is 2.05. The smallest absolute Gasteiger partial charge is 0.316 e. The van der Waals surface area contributed by atoms with E-state index in [9.17, 15) is 9.90 Å². The van der Waals surface area contributed by atoms with Crippen LogP contribution in [0.25, 0.3) is 0 Å². The number of hydrogen-bond acceptors (Lipinski definition) is 6. The maximum absolute atomic E-state index is 11.6. The second kappa shape index (κ2) is 8.60. The third-order valence-corrected chi connectivity index (χ3v) is 4.68. The lowest BCUT2D eigenvalue weighted by molar-refractivity contribution is -0.139. The molecule has 0 saturated heterocycles. The van der Waals surface area contributed by atoms with E-state index >= 15 is 0 Å². The number of rotatable bonds is 7. The molecule has 116 valence electrons. The van der Waals surface area contributed by atoms with Gasteiger partial charge in [0.2, 0.25) is 0 Å². The monoisotopic (exact) mass is 336 g/mol. The predicted octanol–water partition coefficient (Wildman–Crippen LogP) is 3.53. The van der Waals surface area contributed by atoms with Gasteiger partial charge in [0.1, 0.15) is 18.1 Å². The van der Waals surface area contributed by atoms with Crippen molar-refractivity contribution in [2.45, 2.75) is 9.79 Å². The molecule has 0 unspecified atom stereocenters.